The Labute approximate surface area is 151 Å². The summed E-state index contributed by atoms with van der Waals surface area (Å²) in [5.41, 5.74) is 2.09. The summed E-state index contributed by atoms with van der Waals surface area (Å²) in [5, 5.41) is 9.26. The van der Waals surface area contributed by atoms with Gasteiger partial charge in [-0.1, -0.05) is 30.3 Å². The maximum absolute atomic E-state index is 12.3. The number of amides is 1. The quantitative estimate of drug-likeness (QED) is 0.685. The molecule has 3 rings (SSSR count). The van der Waals surface area contributed by atoms with Gasteiger partial charge in [-0.3, -0.25) is 9.89 Å². The Hall–Kier alpha value is -3.15. The summed E-state index contributed by atoms with van der Waals surface area (Å²) in [6.07, 6.45) is 4.04. The lowest BCUT2D eigenvalue weighted by Gasteiger charge is -2.07. The Morgan fingerprint density at radius 2 is 2.00 bits per heavy atom. The molecule has 2 heterocycles. The molecule has 1 amide bonds. The van der Waals surface area contributed by atoms with E-state index in [1.165, 1.54) is 5.56 Å². The highest BCUT2D eigenvalue weighted by Gasteiger charge is 2.16. The lowest BCUT2D eigenvalue weighted by molar-refractivity contribution is 0.0945. The zero-order chi connectivity index (χ0) is 18.4. The molecule has 2 aromatic heterocycles. The van der Waals surface area contributed by atoms with Crippen LogP contribution in [-0.4, -0.2) is 16.1 Å². The van der Waals surface area contributed by atoms with E-state index >= 15 is 0 Å². The summed E-state index contributed by atoms with van der Waals surface area (Å²) in [6, 6.07) is 13.7. The third-order valence-corrected chi connectivity index (χ3v) is 4.16. The number of aromatic amines is 1. The second-order valence-electron chi connectivity index (χ2n) is 6.16. The second-order valence-corrected chi connectivity index (χ2v) is 6.16. The fourth-order valence-electron chi connectivity index (χ4n) is 2.83. The SMILES string of the molecule is Cc1cc(CCCc2ccccc2)oc(=O)c1C(=O)NCc1ccn[nH]1. The first kappa shape index (κ1) is 17.7. The van der Waals surface area contributed by atoms with Crippen molar-refractivity contribution >= 4 is 5.91 Å². The Bertz CT molecular complexity index is 915. The van der Waals surface area contributed by atoms with Gasteiger partial charge in [-0.05, 0) is 43.0 Å². The summed E-state index contributed by atoms with van der Waals surface area (Å²) in [6.45, 7) is 2.03. The molecule has 1 aromatic carbocycles. The van der Waals surface area contributed by atoms with Crippen molar-refractivity contribution in [1.29, 1.82) is 0 Å². The van der Waals surface area contributed by atoms with Gasteiger partial charge in [0.2, 0.25) is 0 Å². The standard InChI is InChI=1S/C20H21N3O3/c1-14-12-17(9-5-8-15-6-3-2-4-7-15)26-20(25)18(14)19(24)21-13-16-10-11-22-23-16/h2-4,6-7,10-12H,5,8-9,13H2,1H3,(H,21,24)(H,22,23). The normalized spacial score (nSPS) is 10.7. The van der Waals surface area contributed by atoms with Gasteiger partial charge in [0.1, 0.15) is 11.3 Å². The molecule has 3 aromatic rings. The van der Waals surface area contributed by atoms with Gasteiger partial charge >= 0.3 is 5.63 Å². The molecule has 0 aliphatic rings. The van der Waals surface area contributed by atoms with Gasteiger partial charge in [0.05, 0.1) is 12.2 Å². The summed E-state index contributed by atoms with van der Waals surface area (Å²) < 4.78 is 5.35. The first-order valence-corrected chi connectivity index (χ1v) is 8.57. The van der Waals surface area contributed by atoms with Crippen molar-refractivity contribution in [2.24, 2.45) is 0 Å². The van der Waals surface area contributed by atoms with E-state index < -0.39 is 11.5 Å². The van der Waals surface area contributed by atoms with E-state index in [9.17, 15) is 9.59 Å². The second kappa shape index (κ2) is 8.29. The minimum Gasteiger partial charge on any atom is -0.427 e. The van der Waals surface area contributed by atoms with E-state index in [1.807, 2.05) is 18.2 Å². The Morgan fingerprint density at radius 1 is 1.19 bits per heavy atom. The van der Waals surface area contributed by atoms with Crippen molar-refractivity contribution in [3.8, 4) is 0 Å². The predicted octanol–water partition coefficient (Wildman–Crippen LogP) is 2.78. The molecular formula is C20H21N3O3. The molecule has 0 radical (unpaired) electrons. The summed E-state index contributed by atoms with van der Waals surface area (Å²) in [5.74, 6) is 0.162. The molecule has 6 nitrogen and oxygen atoms in total. The topological polar surface area (TPSA) is 88.0 Å². The number of carbonyl (C=O) groups is 1. The van der Waals surface area contributed by atoms with Gasteiger partial charge in [0, 0.05) is 12.6 Å². The number of aryl methyl sites for hydroxylation is 3. The molecule has 0 saturated carbocycles. The highest BCUT2D eigenvalue weighted by Crippen LogP contribution is 2.11. The number of nitrogens with one attached hydrogen (secondary N) is 2. The smallest absolute Gasteiger partial charge is 0.349 e. The van der Waals surface area contributed by atoms with E-state index in [0.29, 0.717) is 17.7 Å². The van der Waals surface area contributed by atoms with Crippen LogP contribution in [0.1, 0.15) is 39.4 Å². The molecule has 0 unspecified atom stereocenters. The largest absolute Gasteiger partial charge is 0.427 e. The maximum atomic E-state index is 12.3. The fourth-order valence-corrected chi connectivity index (χ4v) is 2.83. The minimum atomic E-state index is -0.596. The van der Waals surface area contributed by atoms with Crippen LogP contribution in [0.15, 0.2) is 57.9 Å². The van der Waals surface area contributed by atoms with Gasteiger partial charge in [-0.2, -0.15) is 5.10 Å². The Balaban J connectivity index is 1.62. The van der Waals surface area contributed by atoms with Crippen LogP contribution in [0, 0.1) is 6.92 Å². The molecule has 0 spiro atoms. The van der Waals surface area contributed by atoms with Gasteiger partial charge in [-0.25, -0.2) is 4.79 Å². The molecule has 134 valence electrons. The van der Waals surface area contributed by atoms with Crippen molar-refractivity contribution in [2.45, 2.75) is 32.7 Å². The summed E-state index contributed by atoms with van der Waals surface area (Å²) in [4.78, 5) is 24.5. The van der Waals surface area contributed by atoms with Crippen LogP contribution >= 0.6 is 0 Å². The van der Waals surface area contributed by atoms with Crippen LogP contribution in [0.3, 0.4) is 0 Å². The van der Waals surface area contributed by atoms with Gasteiger partial charge in [0.25, 0.3) is 5.91 Å². The molecule has 0 saturated heterocycles. The van der Waals surface area contributed by atoms with E-state index in [4.69, 9.17) is 4.42 Å². The first-order chi connectivity index (χ1) is 12.6. The summed E-state index contributed by atoms with van der Waals surface area (Å²) in [7, 11) is 0. The fraction of sp³-hybridized carbons (Fsp3) is 0.250. The molecule has 0 aliphatic heterocycles. The number of rotatable bonds is 7. The number of carbonyl (C=O) groups excluding carboxylic acids is 1. The van der Waals surface area contributed by atoms with Gasteiger partial charge < -0.3 is 9.73 Å². The van der Waals surface area contributed by atoms with Crippen LogP contribution in [-0.2, 0) is 19.4 Å². The lowest BCUT2D eigenvalue weighted by atomic mass is 10.1. The number of H-pyrrole nitrogens is 1. The van der Waals surface area contributed by atoms with Gasteiger partial charge in [-0.15, -0.1) is 0 Å². The number of hydrogen-bond donors (Lipinski definition) is 2. The number of nitrogens with zero attached hydrogens (tertiary/aromatic N) is 1. The molecule has 26 heavy (non-hydrogen) atoms. The highest BCUT2D eigenvalue weighted by atomic mass is 16.4. The van der Waals surface area contributed by atoms with E-state index in [-0.39, 0.29) is 12.1 Å². The molecule has 2 N–H and O–H groups in total. The molecule has 0 bridgehead atoms. The Kier molecular flexibility index (Phi) is 5.63. The molecular weight excluding hydrogens is 330 g/mol. The third-order valence-electron chi connectivity index (χ3n) is 4.16. The maximum Gasteiger partial charge on any atom is 0.349 e. The van der Waals surface area contributed by atoms with E-state index in [1.54, 1.807) is 25.3 Å². The van der Waals surface area contributed by atoms with Crippen LogP contribution < -0.4 is 10.9 Å². The average Bonchev–Trinajstić information content (AvgIpc) is 3.14. The average molecular weight is 351 g/mol. The molecule has 0 fully saturated rings. The van der Waals surface area contributed by atoms with Crippen LogP contribution in [0.5, 0.6) is 0 Å². The summed E-state index contributed by atoms with van der Waals surface area (Å²) >= 11 is 0. The van der Waals surface area contributed by atoms with Gasteiger partial charge in [0.15, 0.2) is 0 Å². The molecule has 0 atom stereocenters. The van der Waals surface area contributed by atoms with Crippen molar-refractivity contribution < 1.29 is 9.21 Å². The highest BCUT2D eigenvalue weighted by molar-refractivity contribution is 5.95. The number of hydrogen-bond acceptors (Lipinski definition) is 4. The van der Waals surface area contributed by atoms with E-state index in [0.717, 1.165) is 18.5 Å². The van der Waals surface area contributed by atoms with Crippen molar-refractivity contribution in [3.63, 3.8) is 0 Å². The van der Waals surface area contributed by atoms with Crippen LogP contribution in [0.4, 0.5) is 0 Å². The monoisotopic (exact) mass is 351 g/mol. The zero-order valence-corrected chi connectivity index (χ0v) is 14.6. The lowest BCUT2D eigenvalue weighted by Crippen LogP contribution is -2.29. The van der Waals surface area contributed by atoms with Crippen molar-refractivity contribution in [1.82, 2.24) is 15.5 Å². The third kappa shape index (κ3) is 4.47. The van der Waals surface area contributed by atoms with Crippen LogP contribution in [0.25, 0.3) is 0 Å². The molecule has 0 aliphatic carbocycles. The number of aromatic nitrogens is 2. The van der Waals surface area contributed by atoms with Crippen molar-refractivity contribution in [2.75, 3.05) is 0 Å². The zero-order valence-electron chi connectivity index (χ0n) is 14.6. The van der Waals surface area contributed by atoms with E-state index in [2.05, 4.69) is 27.6 Å². The van der Waals surface area contributed by atoms with Crippen LogP contribution in [0.2, 0.25) is 0 Å². The Morgan fingerprint density at radius 3 is 2.69 bits per heavy atom. The first-order valence-electron chi connectivity index (χ1n) is 8.57. The van der Waals surface area contributed by atoms with Crippen molar-refractivity contribution in [3.05, 3.63) is 87.2 Å². The minimum absolute atomic E-state index is 0.0522. The number of benzene rings is 1. The molecule has 6 heteroatoms. The predicted molar refractivity (Wildman–Crippen MR) is 97.9 cm³/mol.